The molecule has 0 heterocycles. The highest BCUT2D eigenvalue weighted by Gasteiger charge is 2.20. The molecule has 0 aliphatic rings. The van der Waals surface area contributed by atoms with Gasteiger partial charge in [0.15, 0.2) is 0 Å². The predicted octanol–water partition coefficient (Wildman–Crippen LogP) is 5.42. The Labute approximate surface area is 182 Å². The molecular weight excluding hydrogens is 390 g/mol. The molecule has 0 spiro atoms. The maximum absolute atomic E-state index is 13.1. The third kappa shape index (κ3) is 6.44. The first-order valence-corrected chi connectivity index (χ1v) is 10.4. The summed E-state index contributed by atoms with van der Waals surface area (Å²) in [5.41, 5.74) is 3.28. The monoisotopic (exact) mass is 417 g/mol. The topological polar surface area (TPSA) is 75.6 Å². The maximum atomic E-state index is 13.1. The highest BCUT2D eigenvalue weighted by Crippen LogP contribution is 2.25. The van der Waals surface area contributed by atoms with Gasteiger partial charge in [0.05, 0.1) is 5.92 Å². The summed E-state index contributed by atoms with van der Waals surface area (Å²) in [5, 5.41) is 12.1. The molecule has 0 aliphatic heterocycles. The Morgan fingerprint density at radius 2 is 1.65 bits per heavy atom. The fourth-order valence-electron chi connectivity index (χ4n) is 3.45. The van der Waals surface area contributed by atoms with Crippen LogP contribution in [0, 0.1) is 0 Å². The van der Waals surface area contributed by atoms with Crippen molar-refractivity contribution >= 4 is 17.6 Å². The molecule has 3 rings (SSSR count). The summed E-state index contributed by atoms with van der Waals surface area (Å²) in [6.07, 6.45) is 1.00. The van der Waals surface area contributed by atoms with E-state index < -0.39 is 5.97 Å². The minimum absolute atomic E-state index is 0.00136. The van der Waals surface area contributed by atoms with Crippen molar-refractivity contribution in [1.29, 1.82) is 0 Å². The quantitative estimate of drug-likeness (QED) is 0.462. The Morgan fingerprint density at radius 3 is 2.29 bits per heavy atom. The highest BCUT2D eigenvalue weighted by molar-refractivity contribution is 5.96. The molecule has 0 fully saturated rings. The van der Waals surface area contributed by atoms with Crippen molar-refractivity contribution < 1.29 is 19.4 Å². The van der Waals surface area contributed by atoms with E-state index in [4.69, 9.17) is 9.84 Å². The number of rotatable bonds is 10. The lowest BCUT2D eigenvalue weighted by Gasteiger charge is -2.18. The fraction of sp³-hybridized carbons (Fsp3) is 0.231. The van der Waals surface area contributed by atoms with Crippen LogP contribution in [-0.4, -0.2) is 17.0 Å². The summed E-state index contributed by atoms with van der Waals surface area (Å²) in [4.78, 5) is 24.1. The van der Waals surface area contributed by atoms with Gasteiger partial charge in [0, 0.05) is 12.1 Å². The van der Waals surface area contributed by atoms with Crippen molar-refractivity contribution in [1.82, 2.24) is 0 Å². The molecule has 5 heteroatoms. The number of carbonyl (C=O) groups is 2. The smallest absolute Gasteiger partial charge is 0.303 e. The van der Waals surface area contributed by atoms with E-state index in [1.54, 1.807) is 0 Å². The molecule has 0 saturated heterocycles. The van der Waals surface area contributed by atoms with Crippen molar-refractivity contribution in [3.8, 4) is 5.75 Å². The number of aliphatic carboxylic acids is 1. The molecule has 1 atom stereocenters. The van der Waals surface area contributed by atoms with Gasteiger partial charge < -0.3 is 15.2 Å². The van der Waals surface area contributed by atoms with Gasteiger partial charge in [0.25, 0.3) is 0 Å². The predicted molar refractivity (Wildman–Crippen MR) is 121 cm³/mol. The van der Waals surface area contributed by atoms with Gasteiger partial charge in [-0.15, -0.1) is 0 Å². The van der Waals surface area contributed by atoms with Gasteiger partial charge in [-0.1, -0.05) is 67.6 Å². The summed E-state index contributed by atoms with van der Waals surface area (Å²) in [5.74, 6) is -0.494. The standard InChI is InChI=1S/C26H27NO4/c1-2-23(20-9-5-3-6-10-20)26(30)27-24-17-19(13-14-21(24)15-16-25(28)29)18-31-22-11-7-4-8-12-22/h3-14,17,23H,2,15-16,18H2,1H3,(H,27,30)(H,28,29). The van der Waals surface area contributed by atoms with Gasteiger partial charge in [0.1, 0.15) is 12.4 Å². The van der Waals surface area contributed by atoms with Crippen LogP contribution in [0.5, 0.6) is 5.75 Å². The zero-order valence-corrected chi connectivity index (χ0v) is 17.6. The first-order valence-electron chi connectivity index (χ1n) is 10.4. The maximum Gasteiger partial charge on any atom is 0.303 e. The summed E-state index contributed by atoms with van der Waals surface area (Å²) in [6.45, 7) is 2.33. The lowest BCUT2D eigenvalue weighted by molar-refractivity contribution is -0.137. The van der Waals surface area contributed by atoms with Crippen LogP contribution in [-0.2, 0) is 22.6 Å². The number of aryl methyl sites for hydroxylation is 1. The molecule has 1 amide bonds. The lowest BCUT2D eigenvalue weighted by Crippen LogP contribution is -2.21. The average Bonchev–Trinajstić information content (AvgIpc) is 2.79. The van der Waals surface area contributed by atoms with Crippen molar-refractivity contribution in [3.05, 3.63) is 95.6 Å². The number of hydrogen-bond donors (Lipinski definition) is 2. The Morgan fingerprint density at radius 1 is 0.968 bits per heavy atom. The second-order valence-electron chi connectivity index (χ2n) is 7.35. The SMILES string of the molecule is CCC(C(=O)Nc1cc(COc2ccccc2)ccc1CCC(=O)O)c1ccccc1. The first kappa shape index (κ1) is 22.1. The molecule has 3 aromatic carbocycles. The van der Waals surface area contributed by atoms with Crippen LogP contribution in [0.3, 0.4) is 0 Å². The normalized spacial score (nSPS) is 11.5. The summed E-state index contributed by atoms with van der Waals surface area (Å²) < 4.78 is 5.82. The van der Waals surface area contributed by atoms with Crippen molar-refractivity contribution in [3.63, 3.8) is 0 Å². The minimum atomic E-state index is -0.871. The molecular formula is C26H27NO4. The Kier molecular flexibility index (Phi) is 7.82. The van der Waals surface area contributed by atoms with Gasteiger partial charge in [-0.25, -0.2) is 0 Å². The molecule has 0 aromatic heterocycles. The van der Waals surface area contributed by atoms with Gasteiger partial charge in [-0.2, -0.15) is 0 Å². The highest BCUT2D eigenvalue weighted by atomic mass is 16.5. The van der Waals surface area contributed by atoms with Crippen LogP contribution in [0.4, 0.5) is 5.69 Å². The number of nitrogens with one attached hydrogen (secondary N) is 1. The van der Waals surface area contributed by atoms with E-state index in [1.807, 2.05) is 85.8 Å². The van der Waals surface area contributed by atoms with Gasteiger partial charge in [-0.05, 0) is 47.7 Å². The van der Waals surface area contributed by atoms with E-state index in [0.29, 0.717) is 25.1 Å². The Bertz CT molecular complexity index is 1000. The molecule has 1 unspecified atom stereocenters. The second kappa shape index (κ2) is 11.0. The molecule has 160 valence electrons. The van der Waals surface area contributed by atoms with Crippen LogP contribution >= 0.6 is 0 Å². The second-order valence-corrected chi connectivity index (χ2v) is 7.35. The third-order valence-corrected chi connectivity index (χ3v) is 5.12. The molecule has 31 heavy (non-hydrogen) atoms. The molecule has 0 radical (unpaired) electrons. The average molecular weight is 418 g/mol. The molecule has 0 bridgehead atoms. The number of benzene rings is 3. The molecule has 0 aliphatic carbocycles. The van der Waals surface area contributed by atoms with Crippen LogP contribution in [0.2, 0.25) is 0 Å². The minimum Gasteiger partial charge on any atom is -0.489 e. The van der Waals surface area contributed by atoms with Crippen LogP contribution in [0.25, 0.3) is 0 Å². The summed E-state index contributed by atoms with van der Waals surface area (Å²) >= 11 is 0. The van der Waals surface area contributed by atoms with Crippen molar-refractivity contribution in [2.24, 2.45) is 0 Å². The molecule has 0 saturated carbocycles. The molecule has 3 aromatic rings. The van der Waals surface area contributed by atoms with Crippen LogP contribution < -0.4 is 10.1 Å². The van der Waals surface area contributed by atoms with Crippen LogP contribution in [0.1, 0.15) is 42.4 Å². The zero-order valence-electron chi connectivity index (χ0n) is 17.6. The summed E-state index contributed by atoms with van der Waals surface area (Å²) in [6, 6.07) is 24.8. The number of anilines is 1. The first-order chi connectivity index (χ1) is 15.1. The number of ether oxygens (including phenoxy) is 1. The van der Waals surface area contributed by atoms with E-state index in [2.05, 4.69) is 5.32 Å². The lowest BCUT2D eigenvalue weighted by atomic mass is 9.95. The number of carboxylic acids is 1. The van der Waals surface area contributed by atoms with E-state index in [1.165, 1.54) is 0 Å². The van der Waals surface area contributed by atoms with Crippen LogP contribution in [0.15, 0.2) is 78.9 Å². The summed E-state index contributed by atoms with van der Waals surface area (Å²) in [7, 11) is 0. The van der Waals surface area contributed by atoms with Crippen molar-refractivity contribution in [2.45, 2.75) is 38.7 Å². The van der Waals surface area contributed by atoms with E-state index in [0.717, 1.165) is 22.4 Å². The van der Waals surface area contributed by atoms with E-state index in [9.17, 15) is 9.59 Å². The molecule has 2 N–H and O–H groups in total. The van der Waals surface area contributed by atoms with E-state index >= 15 is 0 Å². The largest absolute Gasteiger partial charge is 0.489 e. The fourth-order valence-corrected chi connectivity index (χ4v) is 3.45. The Hall–Kier alpha value is -3.60. The third-order valence-electron chi connectivity index (χ3n) is 5.12. The Balaban J connectivity index is 1.80. The van der Waals surface area contributed by atoms with Crippen molar-refractivity contribution in [2.75, 3.05) is 5.32 Å². The number of amides is 1. The van der Waals surface area contributed by atoms with E-state index in [-0.39, 0.29) is 18.2 Å². The zero-order chi connectivity index (χ0) is 22.1. The number of hydrogen-bond acceptors (Lipinski definition) is 3. The van der Waals surface area contributed by atoms with Gasteiger partial charge in [-0.3, -0.25) is 9.59 Å². The number of carbonyl (C=O) groups excluding carboxylic acids is 1. The number of carboxylic acid groups (broad SMARTS) is 1. The van der Waals surface area contributed by atoms with Gasteiger partial charge in [0.2, 0.25) is 5.91 Å². The molecule has 5 nitrogen and oxygen atoms in total. The van der Waals surface area contributed by atoms with Gasteiger partial charge >= 0.3 is 5.97 Å². The number of para-hydroxylation sites is 1.